The summed E-state index contributed by atoms with van der Waals surface area (Å²) in [6, 6.07) is 1.74. The molecule has 96 valence electrons. The van der Waals surface area contributed by atoms with E-state index in [0.29, 0.717) is 22.3 Å². The molecule has 1 saturated carbocycles. The third-order valence-corrected chi connectivity index (χ3v) is 3.42. The van der Waals surface area contributed by atoms with Gasteiger partial charge in [0.05, 0.1) is 16.1 Å². The Kier molecular flexibility index (Phi) is 3.56. The van der Waals surface area contributed by atoms with E-state index in [2.05, 4.69) is 15.1 Å². The Morgan fingerprint density at radius 2 is 2.17 bits per heavy atom. The van der Waals surface area contributed by atoms with Crippen LogP contribution in [-0.2, 0) is 5.54 Å². The highest BCUT2D eigenvalue weighted by Crippen LogP contribution is 2.38. The summed E-state index contributed by atoms with van der Waals surface area (Å²) >= 11 is 6.01. The molecule has 1 fully saturated rings. The molecule has 18 heavy (non-hydrogen) atoms. The number of halogens is 2. The van der Waals surface area contributed by atoms with Crippen LogP contribution in [0.1, 0.15) is 25.1 Å². The monoisotopic (exact) mass is 286 g/mol. The van der Waals surface area contributed by atoms with Gasteiger partial charge in [0.25, 0.3) is 5.89 Å². The molecule has 0 radical (unpaired) electrons. The fraction of sp³-hybridized carbons (Fsp3) is 0.364. The fourth-order valence-electron chi connectivity index (χ4n) is 1.87. The van der Waals surface area contributed by atoms with E-state index in [0.717, 1.165) is 19.3 Å². The first-order chi connectivity index (χ1) is 8.19. The molecular weight excluding hydrogens is 275 g/mol. The van der Waals surface area contributed by atoms with E-state index in [1.807, 2.05) is 0 Å². The standard InChI is InChI=1S/C11H11ClN4O.ClH/c12-8-6-14-5-2-7(8)9-15-10(16-17-9)11(13)3-1-4-11;/h2,5-6H,1,3-4,13H2;1H. The predicted octanol–water partition coefficient (Wildman–Crippen LogP) is 2.54. The number of pyridine rings is 1. The Hall–Kier alpha value is -1.17. The molecule has 0 amide bonds. The van der Waals surface area contributed by atoms with E-state index in [4.69, 9.17) is 21.9 Å². The Balaban J connectivity index is 0.00000120. The second-order valence-corrected chi connectivity index (χ2v) is 4.70. The van der Waals surface area contributed by atoms with Crippen molar-refractivity contribution in [1.29, 1.82) is 0 Å². The molecule has 0 unspecified atom stereocenters. The number of rotatable bonds is 2. The highest BCUT2D eigenvalue weighted by atomic mass is 35.5. The molecule has 2 N–H and O–H groups in total. The van der Waals surface area contributed by atoms with Gasteiger partial charge in [0, 0.05) is 12.4 Å². The fourth-order valence-corrected chi connectivity index (χ4v) is 2.07. The third-order valence-electron chi connectivity index (χ3n) is 3.12. The van der Waals surface area contributed by atoms with Gasteiger partial charge >= 0.3 is 0 Å². The molecule has 5 nitrogen and oxygen atoms in total. The molecule has 2 aromatic heterocycles. The minimum Gasteiger partial charge on any atom is -0.334 e. The van der Waals surface area contributed by atoms with Crippen LogP contribution in [0.3, 0.4) is 0 Å². The van der Waals surface area contributed by atoms with Crippen molar-refractivity contribution in [2.24, 2.45) is 5.73 Å². The number of nitrogens with zero attached hydrogens (tertiary/aromatic N) is 3. The molecule has 0 bridgehead atoms. The smallest absolute Gasteiger partial charge is 0.259 e. The lowest BCUT2D eigenvalue weighted by atomic mass is 9.77. The highest BCUT2D eigenvalue weighted by Gasteiger charge is 2.39. The molecule has 7 heteroatoms. The van der Waals surface area contributed by atoms with Crippen molar-refractivity contribution < 1.29 is 4.52 Å². The Labute approximate surface area is 115 Å². The second-order valence-electron chi connectivity index (χ2n) is 4.29. The van der Waals surface area contributed by atoms with Crippen LogP contribution in [0.25, 0.3) is 11.5 Å². The van der Waals surface area contributed by atoms with Crippen LogP contribution in [-0.4, -0.2) is 15.1 Å². The lowest BCUT2D eigenvalue weighted by molar-refractivity contribution is 0.229. The first-order valence-corrected chi connectivity index (χ1v) is 5.80. The van der Waals surface area contributed by atoms with Crippen LogP contribution >= 0.6 is 24.0 Å². The molecule has 0 saturated heterocycles. The molecule has 0 aliphatic heterocycles. The summed E-state index contributed by atoms with van der Waals surface area (Å²) in [4.78, 5) is 8.23. The molecule has 2 aromatic rings. The Bertz CT molecular complexity index is 553. The molecule has 3 rings (SSSR count). The van der Waals surface area contributed by atoms with E-state index in [1.165, 1.54) is 0 Å². The van der Waals surface area contributed by atoms with Crippen LogP contribution in [0.2, 0.25) is 5.02 Å². The van der Waals surface area contributed by atoms with Crippen molar-refractivity contribution in [3.05, 3.63) is 29.3 Å². The Morgan fingerprint density at radius 1 is 1.39 bits per heavy atom. The molecule has 0 spiro atoms. The zero-order valence-corrected chi connectivity index (χ0v) is 11.0. The topological polar surface area (TPSA) is 77.8 Å². The van der Waals surface area contributed by atoms with Crippen LogP contribution in [0.4, 0.5) is 0 Å². The summed E-state index contributed by atoms with van der Waals surface area (Å²) < 4.78 is 5.20. The number of nitrogens with two attached hydrogens (primary N) is 1. The molecular formula is C11H12Cl2N4O. The molecule has 0 atom stereocenters. The maximum Gasteiger partial charge on any atom is 0.259 e. The summed E-state index contributed by atoms with van der Waals surface area (Å²) in [7, 11) is 0. The average Bonchev–Trinajstić information content (AvgIpc) is 2.76. The van der Waals surface area contributed by atoms with Gasteiger partial charge < -0.3 is 10.3 Å². The van der Waals surface area contributed by atoms with E-state index >= 15 is 0 Å². The Morgan fingerprint density at radius 3 is 2.78 bits per heavy atom. The van der Waals surface area contributed by atoms with Gasteiger partial charge in [-0.15, -0.1) is 12.4 Å². The molecule has 1 aliphatic carbocycles. The van der Waals surface area contributed by atoms with Gasteiger partial charge in [-0.2, -0.15) is 4.98 Å². The van der Waals surface area contributed by atoms with Gasteiger partial charge in [0.2, 0.25) is 0 Å². The van der Waals surface area contributed by atoms with Crippen molar-refractivity contribution >= 4 is 24.0 Å². The van der Waals surface area contributed by atoms with Crippen molar-refractivity contribution in [3.8, 4) is 11.5 Å². The normalized spacial score (nSPS) is 16.8. The summed E-state index contributed by atoms with van der Waals surface area (Å²) in [5, 5.41) is 4.43. The van der Waals surface area contributed by atoms with Gasteiger partial charge in [-0.3, -0.25) is 4.98 Å². The zero-order chi connectivity index (χ0) is 11.9. The van der Waals surface area contributed by atoms with E-state index in [9.17, 15) is 0 Å². The molecule has 1 aliphatic rings. The minimum absolute atomic E-state index is 0. The van der Waals surface area contributed by atoms with Crippen molar-refractivity contribution in [2.75, 3.05) is 0 Å². The third kappa shape index (κ3) is 2.09. The second kappa shape index (κ2) is 4.84. The van der Waals surface area contributed by atoms with Gasteiger partial charge in [-0.1, -0.05) is 16.8 Å². The quantitative estimate of drug-likeness (QED) is 0.918. The highest BCUT2D eigenvalue weighted by molar-refractivity contribution is 6.32. The van der Waals surface area contributed by atoms with Gasteiger partial charge in [-0.25, -0.2) is 0 Å². The van der Waals surface area contributed by atoms with Crippen LogP contribution in [0.15, 0.2) is 23.0 Å². The first-order valence-electron chi connectivity index (χ1n) is 5.42. The predicted molar refractivity (Wildman–Crippen MR) is 69.5 cm³/mol. The van der Waals surface area contributed by atoms with E-state index in [1.54, 1.807) is 18.5 Å². The average molecular weight is 287 g/mol. The van der Waals surface area contributed by atoms with Crippen molar-refractivity contribution in [3.63, 3.8) is 0 Å². The van der Waals surface area contributed by atoms with Gasteiger partial charge in [0.1, 0.15) is 0 Å². The zero-order valence-electron chi connectivity index (χ0n) is 9.47. The van der Waals surface area contributed by atoms with E-state index in [-0.39, 0.29) is 12.4 Å². The lowest BCUT2D eigenvalue weighted by Gasteiger charge is -2.34. The maximum atomic E-state index is 6.12. The van der Waals surface area contributed by atoms with Gasteiger partial charge in [0.15, 0.2) is 5.82 Å². The maximum absolute atomic E-state index is 6.12. The van der Waals surface area contributed by atoms with E-state index < -0.39 is 5.54 Å². The summed E-state index contributed by atoms with van der Waals surface area (Å²) in [6.45, 7) is 0. The minimum atomic E-state index is -0.415. The van der Waals surface area contributed by atoms with Crippen LogP contribution in [0.5, 0.6) is 0 Å². The summed E-state index contributed by atoms with van der Waals surface area (Å²) in [5.74, 6) is 0.954. The van der Waals surface area contributed by atoms with Crippen LogP contribution < -0.4 is 5.73 Å². The van der Waals surface area contributed by atoms with Crippen molar-refractivity contribution in [2.45, 2.75) is 24.8 Å². The number of hydrogen-bond donors (Lipinski definition) is 1. The van der Waals surface area contributed by atoms with Crippen molar-refractivity contribution in [1.82, 2.24) is 15.1 Å². The largest absolute Gasteiger partial charge is 0.334 e. The first kappa shape index (κ1) is 13.3. The summed E-state index contributed by atoms with van der Waals surface area (Å²) in [5.41, 5.74) is 6.39. The van der Waals surface area contributed by atoms with Crippen LogP contribution in [0, 0.1) is 0 Å². The molecule has 2 heterocycles. The SMILES string of the molecule is Cl.NC1(c2noc(-c3ccncc3Cl)n2)CCC1. The lowest BCUT2D eigenvalue weighted by Crippen LogP contribution is -2.44. The molecule has 0 aromatic carbocycles. The number of hydrogen-bond acceptors (Lipinski definition) is 5. The summed E-state index contributed by atoms with van der Waals surface area (Å²) in [6.07, 6.45) is 6.08. The van der Waals surface area contributed by atoms with Gasteiger partial charge in [-0.05, 0) is 25.3 Å². The number of aromatic nitrogens is 3.